The van der Waals surface area contributed by atoms with E-state index >= 15 is 0 Å². The second-order valence-electron chi connectivity index (χ2n) is 4.21. The molecule has 1 aliphatic heterocycles. The van der Waals surface area contributed by atoms with E-state index in [4.69, 9.17) is 0 Å². The van der Waals surface area contributed by atoms with Crippen molar-refractivity contribution in [2.45, 2.75) is 19.4 Å². The number of carbonyl (C=O) groups is 1. The minimum Gasteiger partial charge on any atom is -0.389 e. The van der Waals surface area contributed by atoms with Gasteiger partial charge >= 0.3 is 0 Å². The molecular formula is C12H17N3O2. The highest BCUT2D eigenvalue weighted by molar-refractivity contribution is 5.77. The van der Waals surface area contributed by atoms with Crippen molar-refractivity contribution in [1.82, 2.24) is 10.3 Å². The Balaban J connectivity index is 2.08. The van der Waals surface area contributed by atoms with Crippen LogP contribution in [0.3, 0.4) is 0 Å². The van der Waals surface area contributed by atoms with Gasteiger partial charge in [0.2, 0.25) is 5.91 Å². The van der Waals surface area contributed by atoms with Gasteiger partial charge in [0.25, 0.3) is 0 Å². The van der Waals surface area contributed by atoms with Crippen LogP contribution in [0.25, 0.3) is 0 Å². The van der Waals surface area contributed by atoms with Crippen molar-refractivity contribution in [1.29, 1.82) is 0 Å². The van der Waals surface area contributed by atoms with E-state index in [1.54, 1.807) is 13.1 Å². The minimum absolute atomic E-state index is 0.0908. The van der Waals surface area contributed by atoms with Crippen molar-refractivity contribution in [3.63, 3.8) is 0 Å². The van der Waals surface area contributed by atoms with Crippen molar-refractivity contribution in [3.05, 3.63) is 23.9 Å². The topological polar surface area (TPSA) is 65.5 Å². The molecule has 0 aliphatic carbocycles. The van der Waals surface area contributed by atoms with Crippen molar-refractivity contribution in [3.8, 4) is 0 Å². The number of aliphatic hydroxyl groups is 1. The molecule has 1 aromatic heterocycles. The van der Waals surface area contributed by atoms with Crippen LogP contribution in [0.4, 0.5) is 5.82 Å². The highest BCUT2D eigenvalue weighted by Crippen LogP contribution is 2.16. The molecule has 92 valence electrons. The van der Waals surface area contributed by atoms with Crippen LogP contribution in [0.5, 0.6) is 0 Å². The number of rotatable bonds is 2. The lowest BCUT2D eigenvalue weighted by molar-refractivity contribution is -0.120. The average Bonchev–Trinajstić information content (AvgIpc) is 2.54. The maximum atomic E-state index is 11.2. The quantitative estimate of drug-likeness (QED) is 0.781. The van der Waals surface area contributed by atoms with Crippen LogP contribution in [-0.2, 0) is 4.79 Å². The van der Waals surface area contributed by atoms with Crippen molar-refractivity contribution in [2.24, 2.45) is 0 Å². The van der Waals surface area contributed by atoms with Gasteiger partial charge in [-0.1, -0.05) is 6.07 Å². The molecule has 0 bridgehead atoms. The van der Waals surface area contributed by atoms with Gasteiger partial charge < -0.3 is 15.3 Å². The molecule has 2 rings (SSSR count). The van der Waals surface area contributed by atoms with Crippen LogP contribution in [0, 0.1) is 0 Å². The molecule has 1 atom stereocenters. The van der Waals surface area contributed by atoms with Gasteiger partial charge in [0, 0.05) is 32.3 Å². The predicted molar refractivity (Wildman–Crippen MR) is 64.7 cm³/mol. The fourth-order valence-corrected chi connectivity index (χ4v) is 1.83. The zero-order valence-electron chi connectivity index (χ0n) is 9.89. The third-order valence-corrected chi connectivity index (χ3v) is 2.89. The number of anilines is 1. The average molecular weight is 235 g/mol. The highest BCUT2D eigenvalue weighted by Gasteiger charge is 2.14. The molecule has 0 spiro atoms. The summed E-state index contributed by atoms with van der Waals surface area (Å²) >= 11 is 0. The first kappa shape index (κ1) is 11.9. The first-order valence-corrected chi connectivity index (χ1v) is 5.82. The molecule has 5 heteroatoms. The van der Waals surface area contributed by atoms with Gasteiger partial charge in [0.05, 0.1) is 6.10 Å². The van der Waals surface area contributed by atoms with Gasteiger partial charge in [-0.25, -0.2) is 4.98 Å². The lowest BCUT2D eigenvalue weighted by atomic mass is 10.2. The van der Waals surface area contributed by atoms with E-state index in [0.29, 0.717) is 19.5 Å². The molecule has 1 amide bonds. The maximum absolute atomic E-state index is 11.2. The number of hydrogen-bond donors (Lipinski definition) is 2. The number of aliphatic hydroxyl groups excluding tert-OH is 1. The molecule has 1 aromatic rings. The Morgan fingerprint density at radius 1 is 1.47 bits per heavy atom. The molecule has 1 fully saturated rings. The smallest absolute Gasteiger partial charge is 0.221 e. The minimum atomic E-state index is -0.496. The molecule has 0 radical (unpaired) electrons. The van der Waals surface area contributed by atoms with Crippen molar-refractivity contribution < 1.29 is 9.90 Å². The zero-order chi connectivity index (χ0) is 12.3. The molecule has 2 N–H and O–H groups in total. The summed E-state index contributed by atoms with van der Waals surface area (Å²) in [7, 11) is 0. The summed E-state index contributed by atoms with van der Waals surface area (Å²) in [5, 5.41) is 12.2. The maximum Gasteiger partial charge on any atom is 0.221 e. The van der Waals surface area contributed by atoms with Crippen molar-refractivity contribution >= 4 is 11.7 Å². The Labute approximate surface area is 100 Å². The fourth-order valence-electron chi connectivity index (χ4n) is 1.83. The third kappa shape index (κ3) is 2.94. The first-order valence-electron chi connectivity index (χ1n) is 5.82. The normalized spacial score (nSPS) is 18.5. The van der Waals surface area contributed by atoms with Crippen LogP contribution < -0.4 is 10.2 Å². The summed E-state index contributed by atoms with van der Waals surface area (Å²) in [6.07, 6.45) is 1.68. The number of aromatic nitrogens is 1. The third-order valence-electron chi connectivity index (χ3n) is 2.89. The monoisotopic (exact) mass is 235 g/mol. The summed E-state index contributed by atoms with van der Waals surface area (Å²) in [4.78, 5) is 17.6. The van der Waals surface area contributed by atoms with E-state index in [0.717, 1.165) is 17.9 Å². The van der Waals surface area contributed by atoms with Gasteiger partial charge in [-0.2, -0.15) is 0 Å². The molecule has 1 saturated heterocycles. The molecule has 0 saturated carbocycles. The molecule has 17 heavy (non-hydrogen) atoms. The highest BCUT2D eigenvalue weighted by atomic mass is 16.3. The standard InChI is InChI=1S/C12H17N3O2/c1-9(16)10-2-3-11(14-8-10)15-6-4-12(17)13-5-7-15/h2-3,8-9,16H,4-7H2,1H3,(H,13,17)/t9-/m0/s1. The van der Waals surface area contributed by atoms with Gasteiger partial charge in [-0.15, -0.1) is 0 Å². The van der Waals surface area contributed by atoms with Gasteiger partial charge in [-0.05, 0) is 18.6 Å². The summed E-state index contributed by atoms with van der Waals surface area (Å²) < 4.78 is 0. The predicted octanol–water partition coefficient (Wildman–Crippen LogP) is 0.461. The number of nitrogens with one attached hydrogen (secondary N) is 1. The van der Waals surface area contributed by atoms with Gasteiger partial charge in [-0.3, -0.25) is 4.79 Å². The second-order valence-corrected chi connectivity index (χ2v) is 4.21. The van der Waals surface area contributed by atoms with E-state index in [9.17, 15) is 9.90 Å². The molecule has 2 heterocycles. The molecular weight excluding hydrogens is 218 g/mol. The molecule has 0 unspecified atom stereocenters. The van der Waals surface area contributed by atoms with E-state index in [-0.39, 0.29) is 5.91 Å². The van der Waals surface area contributed by atoms with Crippen LogP contribution in [-0.4, -0.2) is 35.6 Å². The van der Waals surface area contributed by atoms with Crippen LogP contribution in [0.2, 0.25) is 0 Å². The first-order chi connectivity index (χ1) is 8.16. The van der Waals surface area contributed by atoms with Gasteiger partial charge in [0.1, 0.15) is 5.82 Å². The number of hydrogen-bond acceptors (Lipinski definition) is 4. The number of pyridine rings is 1. The number of nitrogens with zero attached hydrogens (tertiary/aromatic N) is 2. The molecule has 0 aromatic carbocycles. The zero-order valence-corrected chi connectivity index (χ0v) is 9.89. The number of amides is 1. The molecule has 1 aliphatic rings. The summed E-state index contributed by atoms with van der Waals surface area (Å²) in [5.74, 6) is 0.944. The van der Waals surface area contributed by atoms with E-state index < -0.39 is 6.10 Å². The second kappa shape index (κ2) is 5.14. The van der Waals surface area contributed by atoms with E-state index in [1.807, 2.05) is 12.1 Å². The van der Waals surface area contributed by atoms with Crippen LogP contribution >= 0.6 is 0 Å². The Kier molecular flexibility index (Phi) is 3.58. The van der Waals surface area contributed by atoms with Crippen molar-refractivity contribution in [2.75, 3.05) is 24.5 Å². The van der Waals surface area contributed by atoms with E-state index in [2.05, 4.69) is 15.2 Å². The lowest BCUT2D eigenvalue weighted by Crippen LogP contribution is -2.28. The van der Waals surface area contributed by atoms with Crippen LogP contribution in [0.15, 0.2) is 18.3 Å². The van der Waals surface area contributed by atoms with Gasteiger partial charge in [0.15, 0.2) is 0 Å². The molecule has 5 nitrogen and oxygen atoms in total. The lowest BCUT2D eigenvalue weighted by Gasteiger charge is -2.20. The van der Waals surface area contributed by atoms with Crippen LogP contribution in [0.1, 0.15) is 25.0 Å². The Morgan fingerprint density at radius 2 is 2.29 bits per heavy atom. The van der Waals surface area contributed by atoms with E-state index in [1.165, 1.54) is 0 Å². The largest absolute Gasteiger partial charge is 0.389 e. The SMILES string of the molecule is C[C@H](O)c1ccc(N2CCNC(=O)CC2)nc1. The summed E-state index contributed by atoms with van der Waals surface area (Å²) in [5.41, 5.74) is 0.803. The summed E-state index contributed by atoms with van der Waals surface area (Å²) in [6, 6.07) is 3.75. The number of carbonyl (C=O) groups excluding carboxylic acids is 1. The summed E-state index contributed by atoms with van der Waals surface area (Å²) in [6.45, 7) is 3.82. The fraction of sp³-hybridized carbons (Fsp3) is 0.500. The Bertz CT molecular complexity index is 389. The Morgan fingerprint density at radius 3 is 2.94 bits per heavy atom. The Hall–Kier alpha value is -1.62.